The summed E-state index contributed by atoms with van der Waals surface area (Å²) in [6.07, 6.45) is 0. The highest BCUT2D eigenvalue weighted by Crippen LogP contribution is 2.09. The molecule has 0 fully saturated rings. The van der Waals surface area contributed by atoms with Crippen LogP contribution in [0.4, 0.5) is 0 Å². The van der Waals surface area contributed by atoms with Crippen LogP contribution < -0.4 is 0 Å². The van der Waals surface area contributed by atoms with E-state index in [9.17, 15) is 9.59 Å². The molecule has 0 aliphatic carbocycles. The van der Waals surface area contributed by atoms with E-state index in [1.54, 1.807) is 0 Å². The zero-order valence-corrected chi connectivity index (χ0v) is 7.01. The summed E-state index contributed by atoms with van der Waals surface area (Å²) in [5.74, 6) is -2.27. The van der Waals surface area contributed by atoms with E-state index in [1.165, 1.54) is 13.8 Å². The lowest BCUT2D eigenvalue weighted by molar-refractivity contribution is -0.172. The third-order valence-corrected chi connectivity index (χ3v) is 1.21. The van der Waals surface area contributed by atoms with E-state index < -0.39 is 17.5 Å². The molecule has 1 N–H and O–H groups in total. The summed E-state index contributed by atoms with van der Waals surface area (Å²) in [5.41, 5.74) is -1.49. The fourth-order valence-corrected chi connectivity index (χ4v) is 0.410. The van der Waals surface area contributed by atoms with Gasteiger partial charge in [0, 0.05) is 0 Å². The molecular formula is C6H9ClO4. The Labute approximate surface area is 69.1 Å². The second kappa shape index (κ2) is 3.57. The molecule has 0 atom stereocenters. The Balaban J connectivity index is 4.12. The van der Waals surface area contributed by atoms with Gasteiger partial charge in [0.1, 0.15) is 5.88 Å². The van der Waals surface area contributed by atoms with Gasteiger partial charge in [-0.15, -0.1) is 11.6 Å². The molecule has 0 rings (SSSR count). The number of aliphatic carboxylic acids is 1. The highest BCUT2D eigenvalue weighted by atomic mass is 35.5. The van der Waals surface area contributed by atoms with Crippen molar-refractivity contribution >= 4 is 23.5 Å². The molecule has 0 aromatic heterocycles. The van der Waals surface area contributed by atoms with E-state index in [2.05, 4.69) is 4.74 Å². The molecule has 0 spiro atoms. The predicted molar refractivity (Wildman–Crippen MR) is 38.5 cm³/mol. The Hall–Kier alpha value is -0.770. The number of carboxylic acids is 1. The predicted octanol–water partition coefficient (Wildman–Crippen LogP) is 0.632. The number of hydrogen-bond acceptors (Lipinski definition) is 3. The molecule has 0 heterocycles. The maximum Gasteiger partial charge on any atom is 0.347 e. The van der Waals surface area contributed by atoms with Crippen LogP contribution in [0.5, 0.6) is 0 Å². The van der Waals surface area contributed by atoms with Gasteiger partial charge in [0.25, 0.3) is 0 Å². The molecule has 0 saturated heterocycles. The number of ether oxygens (including phenoxy) is 1. The van der Waals surface area contributed by atoms with Gasteiger partial charge in [-0.3, -0.25) is 4.79 Å². The van der Waals surface area contributed by atoms with Gasteiger partial charge in [-0.2, -0.15) is 0 Å². The van der Waals surface area contributed by atoms with Gasteiger partial charge >= 0.3 is 11.9 Å². The first-order valence-corrected chi connectivity index (χ1v) is 3.45. The van der Waals surface area contributed by atoms with Crippen LogP contribution in [0.3, 0.4) is 0 Å². The van der Waals surface area contributed by atoms with Crippen molar-refractivity contribution in [2.24, 2.45) is 0 Å². The van der Waals surface area contributed by atoms with Crippen molar-refractivity contribution < 1.29 is 19.4 Å². The molecule has 0 unspecified atom stereocenters. The van der Waals surface area contributed by atoms with Crippen molar-refractivity contribution in [1.29, 1.82) is 0 Å². The first-order valence-electron chi connectivity index (χ1n) is 2.91. The highest BCUT2D eigenvalue weighted by Gasteiger charge is 2.31. The van der Waals surface area contributed by atoms with Gasteiger partial charge in [0.05, 0.1) is 0 Å². The van der Waals surface area contributed by atoms with Crippen LogP contribution in [0.2, 0.25) is 0 Å². The molecule has 5 heteroatoms. The van der Waals surface area contributed by atoms with Crippen LogP contribution in [0.1, 0.15) is 13.8 Å². The van der Waals surface area contributed by atoms with Gasteiger partial charge in [-0.05, 0) is 13.8 Å². The average Bonchev–Trinajstić information content (AvgIpc) is 1.86. The van der Waals surface area contributed by atoms with Crippen molar-refractivity contribution in [3.8, 4) is 0 Å². The molecule has 4 nitrogen and oxygen atoms in total. The lowest BCUT2D eigenvalue weighted by Gasteiger charge is -2.18. The van der Waals surface area contributed by atoms with Crippen LogP contribution in [-0.4, -0.2) is 28.5 Å². The normalized spacial score (nSPS) is 10.8. The summed E-state index contributed by atoms with van der Waals surface area (Å²) in [6, 6.07) is 0. The summed E-state index contributed by atoms with van der Waals surface area (Å²) in [4.78, 5) is 20.9. The van der Waals surface area contributed by atoms with Gasteiger partial charge in [-0.1, -0.05) is 0 Å². The van der Waals surface area contributed by atoms with E-state index in [-0.39, 0.29) is 5.88 Å². The van der Waals surface area contributed by atoms with Crippen LogP contribution in [0, 0.1) is 0 Å². The Bertz CT molecular complexity index is 175. The minimum absolute atomic E-state index is 0.337. The summed E-state index contributed by atoms with van der Waals surface area (Å²) >= 11 is 5.10. The second-order valence-corrected chi connectivity index (χ2v) is 2.69. The largest absolute Gasteiger partial charge is 0.478 e. The van der Waals surface area contributed by atoms with E-state index in [0.717, 1.165) is 0 Å². The fraction of sp³-hybridized carbons (Fsp3) is 0.667. The van der Waals surface area contributed by atoms with E-state index in [4.69, 9.17) is 16.7 Å². The van der Waals surface area contributed by atoms with Gasteiger partial charge in [-0.25, -0.2) is 4.79 Å². The standard InChI is InChI=1S/C6H9ClO4/c1-6(2,5(9)10)11-4(8)3-7/h3H2,1-2H3,(H,9,10). The third-order valence-electron chi connectivity index (χ3n) is 0.993. The molecule has 0 bridgehead atoms. The lowest BCUT2D eigenvalue weighted by atomic mass is 10.1. The van der Waals surface area contributed by atoms with Gasteiger partial charge in [0.15, 0.2) is 0 Å². The average molecular weight is 181 g/mol. The SMILES string of the molecule is CC(C)(OC(=O)CCl)C(=O)O. The van der Waals surface area contributed by atoms with Crippen molar-refractivity contribution in [2.45, 2.75) is 19.4 Å². The fourth-order valence-electron chi connectivity index (χ4n) is 0.356. The monoisotopic (exact) mass is 180 g/mol. The second-order valence-electron chi connectivity index (χ2n) is 2.42. The smallest absolute Gasteiger partial charge is 0.347 e. The molecule has 11 heavy (non-hydrogen) atoms. The Morgan fingerprint density at radius 3 is 2.27 bits per heavy atom. The number of rotatable bonds is 3. The van der Waals surface area contributed by atoms with Crippen molar-refractivity contribution in [2.75, 3.05) is 5.88 Å². The van der Waals surface area contributed by atoms with Crippen LogP contribution >= 0.6 is 11.6 Å². The minimum atomic E-state index is -1.49. The molecule has 0 radical (unpaired) electrons. The lowest BCUT2D eigenvalue weighted by Crippen LogP contribution is -2.37. The zero-order valence-electron chi connectivity index (χ0n) is 6.26. The number of esters is 1. The number of carbonyl (C=O) groups excluding carboxylic acids is 1. The van der Waals surface area contributed by atoms with Crippen molar-refractivity contribution in [3.63, 3.8) is 0 Å². The number of alkyl halides is 1. The molecular weight excluding hydrogens is 172 g/mol. The Morgan fingerprint density at radius 2 is 2.00 bits per heavy atom. The molecule has 0 aromatic carbocycles. The van der Waals surface area contributed by atoms with Crippen LogP contribution in [-0.2, 0) is 14.3 Å². The summed E-state index contributed by atoms with van der Waals surface area (Å²) < 4.78 is 4.48. The number of carboxylic acid groups (broad SMARTS) is 1. The molecule has 0 aromatic rings. The molecule has 0 saturated carbocycles. The van der Waals surface area contributed by atoms with Crippen LogP contribution in [0.15, 0.2) is 0 Å². The summed E-state index contributed by atoms with van der Waals surface area (Å²) in [5, 5.41) is 8.47. The topological polar surface area (TPSA) is 63.6 Å². The van der Waals surface area contributed by atoms with E-state index in [1.807, 2.05) is 0 Å². The number of halogens is 1. The highest BCUT2D eigenvalue weighted by molar-refractivity contribution is 6.26. The third kappa shape index (κ3) is 3.23. The van der Waals surface area contributed by atoms with Crippen molar-refractivity contribution in [1.82, 2.24) is 0 Å². The van der Waals surface area contributed by atoms with E-state index >= 15 is 0 Å². The first-order chi connectivity index (χ1) is 4.90. The quantitative estimate of drug-likeness (QED) is 0.511. The molecule has 0 aliphatic heterocycles. The maximum atomic E-state index is 10.5. The molecule has 64 valence electrons. The van der Waals surface area contributed by atoms with Crippen molar-refractivity contribution in [3.05, 3.63) is 0 Å². The summed E-state index contributed by atoms with van der Waals surface area (Å²) in [7, 11) is 0. The number of hydrogen-bond donors (Lipinski definition) is 1. The Morgan fingerprint density at radius 1 is 1.55 bits per heavy atom. The van der Waals surface area contributed by atoms with Crippen LogP contribution in [0.25, 0.3) is 0 Å². The zero-order chi connectivity index (χ0) is 9.07. The maximum absolute atomic E-state index is 10.5. The van der Waals surface area contributed by atoms with E-state index in [0.29, 0.717) is 0 Å². The number of carbonyl (C=O) groups is 2. The molecule has 0 amide bonds. The first kappa shape index (κ1) is 10.2. The Kier molecular flexibility index (Phi) is 3.32. The summed E-state index contributed by atoms with van der Waals surface area (Å²) in [6.45, 7) is 2.56. The molecule has 0 aliphatic rings. The van der Waals surface area contributed by atoms with Gasteiger partial charge < -0.3 is 9.84 Å². The van der Waals surface area contributed by atoms with Gasteiger partial charge in [0.2, 0.25) is 5.60 Å². The minimum Gasteiger partial charge on any atom is -0.478 e.